The number of carboxylic acid groups (broad SMARTS) is 1. The molecule has 0 saturated heterocycles. The highest BCUT2D eigenvalue weighted by Gasteiger charge is 2.39. The Balaban J connectivity index is 1.41. The summed E-state index contributed by atoms with van der Waals surface area (Å²) in [6, 6.07) is 27.3. The molecule has 0 spiro atoms. The Hall–Kier alpha value is -3.93. The van der Waals surface area contributed by atoms with E-state index in [1.54, 1.807) is 0 Å². The topological polar surface area (TPSA) is 92.7 Å². The molecule has 1 aliphatic rings. The first-order valence-electron chi connectivity index (χ1n) is 12.8. The minimum absolute atomic E-state index is 0.0805. The Kier molecular flexibility index (Phi) is 8.72. The van der Waals surface area contributed by atoms with E-state index in [9.17, 15) is 19.5 Å². The molecular formula is C31H33NO5. The molecule has 3 aromatic rings. The molecule has 0 radical (unpaired) electrons. The van der Waals surface area contributed by atoms with E-state index >= 15 is 0 Å². The van der Waals surface area contributed by atoms with Crippen molar-refractivity contribution >= 4 is 17.8 Å². The number of aliphatic carboxylic acids is 1. The minimum atomic E-state index is -1.02. The highest BCUT2D eigenvalue weighted by atomic mass is 16.5. The number of amides is 1. The third-order valence-electron chi connectivity index (χ3n) is 7.01. The van der Waals surface area contributed by atoms with Gasteiger partial charge in [0, 0.05) is 0 Å². The molecule has 1 saturated carbocycles. The van der Waals surface area contributed by atoms with E-state index < -0.39 is 17.4 Å². The van der Waals surface area contributed by atoms with Crippen LogP contribution in [0.4, 0.5) is 0 Å². The van der Waals surface area contributed by atoms with Crippen molar-refractivity contribution in [3.8, 4) is 11.1 Å². The van der Waals surface area contributed by atoms with E-state index in [2.05, 4.69) is 5.32 Å². The number of ether oxygens (including phenoxy) is 1. The summed E-state index contributed by atoms with van der Waals surface area (Å²) in [7, 11) is 0. The van der Waals surface area contributed by atoms with Gasteiger partial charge in [-0.1, -0.05) is 97.8 Å². The van der Waals surface area contributed by atoms with Crippen molar-refractivity contribution in [3.63, 3.8) is 0 Å². The zero-order chi connectivity index (χ0) is 26.1. The van der Waals surface area contributed by atoms with E-state index in [4.69, 9.17) is 4.74 Å². The smallest absolute Gasteiger partial charge is 0.308 e. The zero-order valence-electron chi connectivity index (χ0n) is 20.9. The molecule has 192 valence electrons. The molecule has 2 N–H and O–H groups in total. The summed E-state index contributed by atoms with van der Waals surface area (Å²) >= 11 is 0. The van der Waals surface area contributed by atoms with Crippen LogP contribution in [0, 0.1) is 5.92 Å². The van der Waals surface area contributed by atoms with Crippen molar-refractivity contribution in [2.75, 3.05) is 0 Å². The van der Waals surface area contributed by atoms with Crippen molar-refractivity contribution in [2.24, 2.45) is 5.92 Å². The number of carbonyl (C=O) groups excluding carboxylic acids is 2. The second-order valence-electron chi connectivity index (χ2n) is 9.86. The number of hydrogen-bond donors (Lipinski definition) is 2. The molecule has 0 bridgehead atoms. The van der Waals surface area contributed by atoms with Crippen molar-refractivity contribution in [2.45, 2.75) is 57.1 Å². The van der Waals surface area contributed by atoms with Crippen LogP contribution in [0.5, 0.6) is 0 Å². The van der Waals surface area contributed by atoms with Gasteiger partial charge in [0.2, 0.25) is 5.91 Å². The molecule has 6 heteroatoms. The normalized spacial score (nSPS) is 15.0. The largest absolute Gasteiger partial charge is 0.481 e. The number of nitrogens with one attached hydrogen (secondary N) is 1. The first kappa shape index (κ1) is 26.1. The Bertz CT molecular complexity index is 1190. The van der Waals surface area contributed by atoms with Crippen LogP contribution in [0.15, 0.2) is 84.9 Å². The van der Waals surface area contributed by atoms with Gasteiger partial charge in [-0.3, -0.25) is 14.4 Å². The standard InChI is InChI=1S/C31H33NO5/c33-28(34)20-27(19-23-13-15-26(16-14-23)25-11-5-2-6-12-25)30(36)32-31(17-7-8-18-31)21-29(35)37-22-24-9-3-1-4-10-24/h1-6,9-16,27H,7-8,17-22H2,(H,32,36)(H,33,34). The summed E-state index contributed by atoms with van der Waals surface area (Å²) in [5.74, 6) is -2.45. The van der Waals surface area contributed by atoms with Crippen LogP contribution in [0.2, 0.25) is 0 Å². The molecule has 0 aliphatic heterocycles. The van der Waals surface area contributed by atoms with Crippen molar-refractivity contribution in [1.82, 2.24) is 5.32 Å². The highest BCUT2D eigenvalue weighted by molar-refractivity contribution is 5.85. The van der Waals surface area contributed by atoms with E-state index in [0.717, 1.165) is 35.1 Å². The maximum atomic E-state index is 13.4. The maximum absolute atomic E-state index is 13.4. The van der Waals surface area contributed by atoms with Gasteiger partial charge in [-0.15, -0.1) is 0 Å². The molecule has 0 aromatic heterocycles. The summed E-state index contributed by atoms with van der Waals surface area (Å²) in [6.07, 6.45) is 3.25. The SMILES string of the molecule is O=C(O)CC(Cc1ccc(-c2ccccc2)cc1)C(=O)NC1(CC(=O)OCc2ccccc2)CCCC1. The first-order chi connectivity index (χ1) is 17.9. The predicted octanol–water partition coefficient (Wildman–Crippen LogP) is 5.55. The minimum Gasteiger partial charge on any atom is -0.481 e. The van der Waals surface area contributed by atoms with Gasteiger partial charge in [0.25, 0.3) is 0 Å². The van der Waals surface area contributed by atoms with Gasteiger partial charge in [0.05, 0.1) is 24.3 Å². The van der Waals surface area contributed by atoms with Crippen molar-refractivity contribution in [1.29, 1.82) is 0 Å². The Morgan fingerprint density at radius 3 is 2.03 bits per heavy atom. The number of hydrogen-bond acceptors (Lipinski definition) is 4. The lowest BCUT2D eigenvalue weighted by molar-refractivity contribution is -0.148. The van der Waals surface area contributed by atoms with E-state index in [1.807, 2.05) is 84.9 Å². The van der Waals surface area contributed by atoms with Crippen LogP contribution in [0.1, 0.15) is 49.7 Å². The molecule has 1 amide bonds. The molecule has 6 nitrogen and oxygen atoms in total. The van der Waals surface area contributed by atoms with Crippen LogP contribution >= 0.6 is 0 Å². The molecule has 3 aromatic carbocycles. The summed E-state index contributed by atoms with van der Waals surface area (Å²) in [5, 5.41) is 12.6. The zero-order valence-corrected chi connectivity index (χ0v) is 20.9. The maximum Gasteiger partial charge on any atom is 0.308 e. The van der Waals surface area contributed by atoms with Crippen molar-refractivity contribution < 1.29 is 24.2 Å². The molecule has 1 atom stereocenters. The quantitative estimate of drug-likeness (QED) is 0.338. The van der Waals surface area contributed by atoms with Crippen LogP contribution < -0.4 is 5.32 Å². The summed E-state index contributed by atoms with van der Waals surface area (Å²) in [5.41, 5.74) is 3.25. The summed E-state index contributed by atoms with van der Waals surface area (Å²) < 4.78 is 5.48. The third-order valence-corrected chi connectivity index (χ3v) is 7.01. The number of esters is 1. The molecule has 1 fully saturated rings. The van der Waals surface area contributed by atoms with Crippen LogP contribution in [-0.4, -0.2) is 28.5 Å². The Morgan fingerprint density at radius 1 is 0.811 bits per heavy atom. The molecule has 4 rings (SSSR count). The molecule has 1 aliphatic carbocycles. The third kappa shape index (κ3) is 7.53. The Morgan fingerprint density at radius 2 is 1.41 bits per heavy atom. The highest BCUT2D eigenvalue weighted by Crippen LogP contribution is 2.34. The van der Waals surface area contributed by atoms with Gasteiger partial charge in [-0.05, 0) is 41.5 Å². The number of carbonyl (C=O) groups is 3. The van der Waals surface area contributed by atoms with Gasteiger partial charge >= 0.3 is 11.9 Å². The molecule has 0 heterocycles. The number of benzene rings is 3. The average Bonchev–Trinajstić information content (AvgIpc) is 3.36. The number of carboxylic acids is 1. The lowest BCUT2D eigenvalue weighted by atomic mass is 9.89. The van der Waals surface area contributed by atoms with Gasteiger partial charge in [-0.25, -0.2) is 0 Å². The monoisotopic (exact) mass is 499 g/mol. The van der Waals surface area contributed by atoms with Gasteiger partial charge in [0.1, 0.15) is 6.61 Å². The molecule has 1 unspecified atom stereocenters. The Labute approximate surface area is 217 Å². The van der Waals surface area contributed by atoms with Gasteiger partial charge in [-0.2, -0.15) is 0 Å². The van der Waals surface area contributed by atoms with Gasteiger partial charge in [0.15, 0.2) is 0 Å². The van der Waals surface area contributed by atoms with E-state index in [1.165, 1.54) is 0 Å². The van der Waals surface area contributed by atoms with Crippen molar-refractivity contribution in [3.05, 3.63) is 96.1 Å². The van der Waals surface area contributed by atoms with Crippen LogP contribution in [0.3, 0.4) is 0 Å². The van der Waals surface area contributed by atoms with Gasteiger partial charge < -0.3 is 15.2 Å². The fourth-order valence-corrected chi connectivity index (χ4v) is 5.04. The average molecular weight is 500 g/mol. The second-order valence-corrected chi connectivity index (χ2v) is 9.86. The predicted molar refractivity (Wildman–Crippen MR) is 142 cm³/mol. The fourth-order valence-electron chi connectivity index (χ4n) is 5.04. The lowest BCUT2D eigenvalue weighted by Crippen LogP contribution is -2.50. The second kappa shape index (κ2) is 12.3. The van der Waals surface area contributed by atoms with Crippen LogP contribution in [0.25, 0.3) is 11.1 Å². The van der Waals surface area contributed by atoms with Crippen LogP contribution in [-0.2, 0) is 32.1 Å². The number of rotatable bonds is 11. The molecule has 37 heavy (non-hydrogen) atoms. The first-order valence-corrected chi connectivity index (χ1v) is 12.8. The fraction of sp³-hybridized carbons (Fsp3) is 0.323. The van der Waals surface area contributed by atoms with E-state index in [0.29, 0.717) is 19.3 Å². The summed E-state index contributed by atoms with van der Waals surface area (Å²) in [6.45, 7) is 0.185. The lowest BCUT2D eigenvalue weighted by Gasteiger charge is -2.31. The van der Waals surface area contributed by atoms with E-state index in [-0.39, 0.29) is 31.3 Å². The summed E-state index contributed by atoms with van der Waals surface area (Å²) in [4.78, 5) is 37.6. The molecular weight excluding hydrogens is 466 g/mol.